The van der Waals surface area contributed by atoms with Gasteiger partial charge in [0.25, 0.3) is 0 Å². The summed E-state index contributed by atoms with van der Waals surface area (Å²) in [7, 11) is 0. The van der Waals surface area contributed by atoms with Gasteiger partial charge < -0.3 is 0 Å². The summed E-state index contributed by atoms with van der Waals surface area (Å²) in [5.74, 6) is 0.942. The molecule has 0 heterocycles. The Balaban J connectivity index is 2.29. The number of allylic oxidation sites excluding steroid dienone is 1. The average Bonchev–Trinajstić information content (AvgIpc) is 1.90. The van der Waals surface area contributed by atoms with Gasteiger partial charge in [-0.15, -0.1) is 0 Å². The van der Waals surface area contributed by atoms with Gasteiger partial charge >= 0.3 is 0 Å². The molecule has 0 amide bonds. The number of hydrogen-bond acceptors (Lipinski definition) is 0. The molecule has 1 fully saturated rings. The highest BCUT2D eigenvalue weighted by atomic mass is 14.1. The van der Waals surface area contributed by atoms with Crippen molar-refractivity contribution in [3.05, 3.63) is 12.2 Å². The third-order valence-electron chi connectivity index (χ3n) is 2.47. The van der Waals surface area contributed by atoms with Crippen molar-refractivity contribution < 1.29 is 0 Å². The largest absolute Gasteiger partial charge is 0.0999 e. The van der Waals surface area contributed by atoms with E-state index in [0.29, 0.717) is 0 Å². The summed E-state index contributed by atoms with van der Waals surface area (Å²) in [6.45, 7) is 6.41. The predicted octanol–water partition coefficient (Wildman–Crippen LogP) is 3.53. The van der Waals surface area contributed by atoms with Crippen molar-refractivity contribution in [3.8, 4) is 0 Å². The molecule has 0 bridgehead atoms. The van der Waals surface area contributed by atoms with Crippen molar-refractivity contribution in [1.82, 2.24) is 0 Å². The quantitative estimate of drug-likeness (QED) is 0.449. The van der Waals surface area contributed by atoms with Gasteiger partial charge in [0.15, 0.2) is 0 Å². The Hall–Kier alpha value is -0.260. The molecule has 1 unspecified atom stereocenters. The average molecular weight is 138 g/mol. The molecule has 1 rings (SSSR count). The highest BCUT2D eigenvalue weighted by Gasteiger charge is 2.06. The Bertz CT molecular complexity index is 113. The van der Waals surface area contributed by atoms with Gasteiger partial charge in [0.1, 0.15) is 0 Å². The first-order valence-corrected chi connectivity index (χ1v) is 4.45. The molecule has 1 aliphatic carbocycles. The fraction of sp³-hybridized carbons (Fsp3) is 0.800. The minimum absolute atomic E-state index is 0.942. The van der Waals surface area contributed by atoms with Crippen LogP contribution in [0.5, 0.6) is 0 Å². The Kier molecular flexibility index (Phi) is 2.98. The summed E-state index contributed by atoms with van der Waals surface area (Å²) in [6.07, 6.45) is 8.17. The van der Waals surface area contributed by atoms with Gasteiger partial charge in [-0.1, -0.05) is 31.9 Å². The lowest BCUT2D eigenvalue weighted by atomic mass is 9.91. The van der Waals surface area contributed by atoms with Crippen LogP contribution in [-0.4, -0.2) is 0 Å². The fourth-order valence-corrected chi connectivity index (χ4v) is 1.59. The molecule has 10 heavy (non-hydrogen) atoms. The van der Waals surface area contributed by atoms with Gasteiger partial charge in [0.2, 0.25) is 0 Å². The molecule has 0 aromatic heterocycles. The van der Waals surface area contributed by atoms with Crippen molar-refractivity contribution in [2.45, 2.75) is 45.4 Å². The molecule has 0 saturated heterocycles. The van der Waals surface area contributed by atoms with Crippen LogP contribution < -0.4 is 0 Å². The minimum Gasteiger partial charge on any atom is -0.0999 e. The van der Waals surface area contributed by atoms with Crippen LogP contribution in [0.4, 0.5) is 0 Å². The maximum absolute atomic E-state index is 4.05. The molecule has 0 aromatic rings. The van der Waals surface area contributed by atoms with E-state index < -0.39 is 0 Å². The van der Waals surface area contributed by atoms with Crippen molar-refractivity contribution in [2.75, 3.05) is 0 Å². The Morgan fingerprint density at radius 2 is 2.00 bits per heavy atom. The molecule has 58 valence electrons. The van der Waals surface area contributed by atoms with Crippen LogP contribution in [0.3, 0.4) is 0 Å². The summed E-state index contributed by atoms with van der Waals surface area (Å²) in [4.78, 5) is 0. The molecule has 0 radical (unpaired) electrons. The molecule has 0 aromatic carbocycles. The van der Waals surface area contributed by atoms with Gasteiger partial charge in [-0.05, 0) is 31.6 Å². The molecular weight excluding hydrogens is 120 g/mol. The highest BCUT2D eigenvalue weighted by Crippen LogP contribution is 2.23. The monoisotopic (exact) mass is 138 g/mol. The molecule has 0 N–H and O–H groups in total. The number of rotatable bonds is 0. The van der Waals surface area contributed by atoms with Crippen LogP contribution in [0.15, 0.2) is 12.2 Å². The van der Waals surface area contributed by atoms with E-state index in [9.17, 15) is 0 Å². The van der Waals surface area contributed by atoms with Gasteiger partial charge in [-0.25, -0.2) is 0 Å². The van der Waals surface area contributed by atoms with Crippen LogP contribution >= 0.6 is 0 Å². The van der Waals surface area contributed by atoms with Crippen LogP contribution in [0.2, 0.25) is 0 Å². The van der Waals surface area contributed by atoms with E-state index in [2.05, 4.69) is 13.5 Å². The molecule has 0 aliphatic heterocycles. The van der Waals surface area contributed by atoms with E-state index in [-0.39, 0.29) is 0 Å². The molecule has 1 aliphatic rings. The molecular formula is C10H18. The third-order valence-corrected chi connectivity index (χ3v) is 2.47. The highest BCUT2D eigenvalue weighted by molar-refractivity contribution is 4.94. The lowest BCUT2D eigenvalue weighted by Gasteiger charge is -2.16. The molecule has 0 spiro atoms. The lowest BCUT2D eigenvalue weighted by Crippen LogP contribution is -1.99. The zero-order chi connectivity index (χ0) is 7.40. The topological polar surface area (TPSA) is 0 Å². The lowest BCUT2D eigenvalue weighted by molar-refractivity contribution is 0.441. The summed E-state index contributed by atoms with van der Waals surface area (Å²) < 4.78 is 0. The SMILES string of the molecule is C=C1CCCCC(C)CC1. The third kappa shape index (κ3) is 2.55. The summed E-state index contributed by atoms with van der Waals surface area (Å²) in [5.41, 5.74) is 1.48. The minimum atomic E-state index is 0.942. The number of hydrogen-bond donors (Lipinski definition) is 0. The standard InChI is InChI=1S/C10H18/c1-9-5-3-4-6-10(2)8-7-9/h10H,1,3-8H2,2H3. The second kappa shape index (κ2) is 3.80. The second-order valence-electron chi connectivity index (χ2n) is 3.64. The van der Waals surface area contributed by atoms with Crippen molar-refractivity contribution >= 4 is 0 Å². The first-order valence-electron chi connectivity index (χ1n) is 4.45. The zero-order valence-electron chi connectivity index (χ0n) is 7.03. The van der Waals surface area contributed by atoms with Crippen molar-refractivity contribution in [1.29, 1.82) is 0 Å². The van der Waals surface area contributed by atoms with Crippen molar-refractivity contribution in [3.63, 3.8) is 0 Å². The predicted molar refractivity (Wildman–Crippen MR) is 46.0 cm³/mol. The Morgan fingerprint density at radius 1 is 1.20 bits per heavy atom. The van der Waals surface area contributed by atoms with Gasteiger partial charge in [-0.2, -0.15) is 0 Å². The van der Waals surface area contributed by atoms with Crippen LogP contribution in [0.1, 0.15) is 45.4 Å². The maximum atomic E-state index is 4.05. The zero-order valence-corrected chi connectivity index (χ0v) is 7.03. The van der Waals surface area contributed by atoms with E-state index in [1.807, 2.05) is 0 Å². The van der Waals surface area contributed by atoms with E-state index >= 15 is 0 Å². The van der Waals surface area contributed by atoms with E-state index in [1.165, 1.54) is 44.1 Å². The van der Waals surface area contributed by atoms with Gasteiger partial charge in [0.05, 0.1) is 0 Å². The molecule has 1 atom stereocenters. The Morgan fingerprint density at radius 3 is 2.80 bits per heavy atom. The smallest absolute Gasteiger partial charge is 0.0320 e. The van der Waals surface area contributed by atoms with E-state index in [1.54, 1.807) is 0 Å². The molecule has 0 nitrogen and oxygen atoms in total. The molecule has 0 heteroatoms. The van der Waals surface area contributed by atoms with Gasteiger partial charge in [-0.3, -0.25) is 0 Å². The normalized spacial score (nSPS) is 29.3. The first-order chi connectivity index (χ1) is 4.79. The van der Waals surface area contributed by atoms with Crippen molar-refractivity contribution in [2.24, 2.45) is 5.92 Å². The van der Waals surface area contributed by atoms with Crippen LogP contribution in [-0.2, 0) is 0 Å². The maximum Gasteiger partial charge on any atom is -0.0320 e. The van der Waals surface area contributed by atoms with Crippen LogP contribution in [0.25, 0.3) is 0 Å². The van der Waals surface area contributed by atoms with Crippen LogP contribution in [0, 0.1) is 5.92 Å². The summed E-state index contributed by atoms with van der Waals surface area (Å²) in [5, 5.41) is 0. The summed E-state index contributed by atoms with van der Waals surface area (Å²) in [6, 6.07) is 0. The summed E-state index contributed by atoms with van der Waals surface area (Å²) >= 11 is 0. The second-order valence-corrected chi connectivity index (χ2v) is 3.64. The first kappa shape index (κ1) is 7.84. The van der Waals surface area contributed by atoms with E-state index in [0.717, 1.165) is 5.92 Å². The molecule has 1 saturated carbocycles. The van der Waals surface area contributed by atoms with E-state index in [4.69, 9.17) is 0 Å². The fourth-order valence-electron chi connectivity index (χ4n) is 1.59. The Labute approximate surface area is 64.3 Å². The van der Waals surface area contributed by atoms with Gasteiger partial charge in [0, 0.05) is 0 Å².